The summed E-state index contributed by atoms with van der Waals surface area (Å²) >= 11 is 5.91. The van der Waals surface area contributed by atoms with Gasteiger partial charge in [-0.25, -0.2) is 4.99 Å². The van der Waals surface area contributed by atoms with Crippen molar-refractivity contribution in [1.29, 1.82) is 0 Å². The number of para-hydroxylation sites is 1. The van der Waals surface area contributed by atoms with Crippen molar-refractivity contribution < 1.29 is 4.74 Å². The van der Waals surface area contributed by atoms with Crippen LogP contribution in [0.4, 0.5) is 0 Å². The molecule has 1 heterocycles. The number of rotatable bonds is 0. The number of aliphatic imine (C=N–C) groups is 1. The van der Waals surface area contributed by atoms with Crippen LogP contribution in [-0.2, 0) is 0 Å². The highest BCUT2D eigenvalue weighted by molar-refractivity contribution is 6.70. The highest BCUT2D eigenvalue weighted by Gasteiger charge is 2.16. The summed E-state index contributed by atoms with van der Waals surface area (Å²) in [5, 5.41) is 0.532. The fourth-order valence-corrected chi connectivity index (χ4v) is 1.47. The van der Waals surface area contributed by atoms with Crippen molar-refractivity contribution in [1.82, 2.24) is 0 Å². The third-order valence-corrected chi connectivity index (χ3v) is 2.00. The molecule has 0 saturated heterocycles. The normalized spacial score (nSPS) is 20.8. The smallest absolute Gasteiger partial charge is 0.188 e. The van der Waals surface area contributed by atoms with Crippen LogP contribution in [0.15, 0.2) is 29.3 Å². The van der Waals surface area contributed by atoms with Crippen molar-refractivity contribution in [3.8, 4) is 5.75 Å². The lowest BCUT2D eigenvalue weighted by Gasteiger charge is -2.18. The SMILES string of the molecule is CC1N=C(Cl)c2ccccc2O1. The Kier molecular flexibility index (Phi) is 1.77. The van der Waals surface area contributed by atoms with Gasteiger partial charge in [0, 0.05) is 0 Å². The number of nitrogens with zero attached hydrogens (tertiary/aromatic N) is 1. The molecule has 0 saturated carbocycles. The average molecular weight is 182 g/mol. The summed E-state index contributed by atoms with van der Waals surface area (Å²) in [5.74, 6) is 0.810. The van der Waals surface area contributed by atoms with Gasteiger partial charge >= 0.3 is 0 Å². The van der Waals surface area contributed by atoms with Crippen LogP contribution in [0.2, 0.25) is 0 Å². The molecule has 0 aliphatic carbocycles. The van der Waals surface area contributed by atoms with Gasteiger partial charge in [0.05, 0.1) is 5.56 Å². The fourth-order valence-electron chi connectivity index (χ4n) is 1.18. The molecule has 1 aliphatic rings. The first-order chi connectivity index (χ1) is 5.77. The minimum atomic E-state index is -0.174. The van der Waals surface area contributed by atoms with Crippen LogP contribution < -0.4 is 4.74 Å². The lowest BCUT2D eigenvalue weighted by Crippen LogP contribution is -2.17. The molecule has 1 unspecified atom stereocenters. The van der Waals surface area contributed by atoms with Gasteiger partial charge in [-0.1, -0.05) is 23.7 Å². The maximum Gasteiger partial charge on any atom is 0.188 e. The number of fused-ring (bicyclic) bond motifs is 1. The summed E-state index contributed by atoms with van der Waals surface area (Å²) < 4.78 is 5.43. The van der Waals surface area contributed by atoms with Crippen molar-refractivity contribution in [2.24, 2.45) is 4.99 Å². The topological polar surface area (TPSA) is 21.6 Å². The van der Waals surface area contributed by atoms with E-state index in [1.165, 1.54) is 0 Å². The molecule has 1 aromatic carbocycles. The number of hydrogen-bond acceptors (Lipinski definition) is 2. The van der Waals surface area contributed by atoms with E-state index in [2.05, 4.69) is 4.99 Å². The molecule has 1 atom stereocenters. The summed E-state index contributed by atoms with van der Waals surface area (Å²) in [4.78, 5) is 4.08. The first kappa shape index (κ1) is 7.62. The van der Waals surface area contributed by atoms with Crippen LogP contribution in [0, 0.1) is 0 Å². The quantitative estimate of drug-likeness (QED) is 0.603. The fraction of sp³-hybridized carbons (Fsp3) is 0.222. The van der Waals surface area contributed by atoms with Crippen molar-refractivity contribution in [2.75, 3.05) is 0 Å². The Morgan fingerprint density at radius 2 is 2.17 bits per heavy atom. The highest BCUT2D eigenvalue weighted by atomic mass is 35.5. The summed E-state index contributed by atoms with van der Waals surface area (Å²) in [6.45, 7) is 1.86. The second-order valence-corrected chi connectivity index (χ2v) is 2.99. The van der Waals surface area contributed by atoms with E-state index in [9.17, 15) is 0 Å². The van der Waals surface area contributed by atoms with Gasteiger partial charge in [-0.2, -0.15) is 0 Å². The zero-order chi connectivity index (χ0) is 8.55. The van der Waals surface area contributed by atoms with Gasteiger partial charge in [0.25, 0.3) is 0 Å². The van der Waals surface area contributed by atoms with Gasteiger partial charge in [0.1, 0.15) is 10.9 Å². The first-order valence-electron chi connectivity index (χ1n) is 3.77. The molecule has 3 heteroatoms. The van der Waals surface area contributed by atoms with Crippen molar-refractivity contribution in [2.45, 2.75) is 13.2 Å². The van der Waals surface area contributed by atoms with Crippen LogP contribution in [-0.4, -0.2) is 11.4 Å². The van der Waals surface area contributed by atoms with Gasteiger partial charge in [-0.15, -0.1) is 0 Å². The molecule has 12 heavy (non-hydrogen) atoms. The van der Waals surface area contributed by atoms with Gasteiger partial charge in [0.15, 0.2) is 6.23 Å². The third kappa shape index (κ3) is 1.18. The summed E-state index contributed by atoms with van der Waals surface area (Å²) in [6, 6.07) is 7.62. The Morgan fingerprint density at radius 3 is 3.00 bits per heavy atom. The molecule has 0 spiro atoms. The van der Waals surface area contributed by atoms with E-state index in [1.807, 2.05) is 31.2 Å². The van der Waals surface area contributed by atoms with Gasteiger partial charge in [0.2, 0.25) is 0 Å². The summed E-state index contributed by atoms with van der Waals surface area (Å²) in [6.07, 6.45) is -0.174. The first-order valence-corrected chi connectivity index (χ1v) is 4.14. The number of hydrogen-bond donors (Lipinski definition) is 0. The molecule has 1 aromatic rings. The van der Waals surface area contributed by atoms with Crippen LogP contribution >= 0.6 is 11.6 Å². The number of benzene rings is 1. The summed E-state index contributed by atoms with van der Waals surface area (Å²) in [7, 11) is 0. The molecule has 0 N–H and O–H groups in total. The molecular formula is C9H8ClNO. The maximum atomic E-state index is 5.91. The van der Waals surface area contributed by atoms with Crippen molar-refractivity contribution in [3.05, 3.63) is 29.8 Å². The molecule has 0 bridgehead atoms. The lowest BCUT2D eigenvalue weighted by atomic mass is 10.2. The second kappa shape index (κ2) is 2.79. The molecule has 0 amide bonds. The molecule has 62 valence electrons. The lowest BCUT2D eigenvalue weighted by molar-refractivity contribution is 0.227. The summed E-state index contributed by atoms with van der Waals surface area (Å²) in [5.41, 5.74) is 0.872. The van der Waals surface area contributed by atoms with E-state index in [4.69, 9.17) is 16.3 Å². The van der Waals surface area contributed by atoms with Crippen LogP contribution in [0.1, 0.15) is 12.5 Å². The number of ether oxygens (including phenoxy) is 1. The molecule has 0 fully saturated rings. The minimum Gasteiger partial charge on any atom is -0.468 e. The van der Waals surface area contributed by atoms with E-state index in [0.29, 0.717) is 5.17 Å². The predicted molar refractivity (Wildman–Crippen MR) is 48.9 cm³/mol. The van der Waals surface area contributed by atoms with Crippen molar-refractivity contribution in [3.63, 3.8) is 0 Å². The van der Waals surface area contributed by atoms with Gasteiger partial charge in [-0.3, -0.25) is 0 Å². The van der Waals surface area contributed by atoms with E-state index in [0.717, 1.165) is 11.3 Å². The molecule has 0 aromatic heterocycles. The zero-order valence-corrected chi connectivity index (χ0v) is 7.38. The Bertz CT molecular complexity index is 335. The van der Waals surface area contributed by atoms with E-state index < -0.39 is 0 Å². The van der Waals surface area contributed by atoms with Crippen LogP contribution in [0.3, 0.4) is 0 Å². The predicted octanol–water partition coefficient (Wildman–Crippen LogP) is 2.41. The monoisotopic (exact) mass is 181 g/mol. The molecule has 2 nitrogen and oxygen atoms in total. The molecular weight excluding hydrogens is 174 g/mol. The van der Waals surface area contributed by atoms with Gasteiger partial charge < -0.3 is 4.74 Å². The van der Waals surface area contributed by atoms with E-state index in [-0.39, 0.29) is 6.23 Å². The number of halogens is 1. The largest absolute Gasteiger partial charge is 0.468 e. The standard InChI is InChI=1S/C9H8ClNO/c1-6-11-9(10)7-4-2-3-5-8(7)12-6/h2-6H,1H3. The minimum absolute atomic E-state index is 0.174. The maximum absolute atomic E-state index is 5.91. The van der Waals surface area contributed by atoms with E-state index in [1.54, 1.807) is 0 Å². The van der Waals surface area contributed by atoms with Gasteiger partial charge in [-0.05, 0) is 19.1 Å². The molecule has 2 rings (SSSR count). The van der Waals surface area contributed by atoms with Crippen LogP contribution in [0.25, 0.3) is 0 Å². The molecule has 1 aliphatic heterocycles. The highest BCUT2D eigenvalue weighted by Crippen LogP contribution is 2.25. The van der Waals surface area contributed by atoms with E-state index >= 15 is 0 Å². The zero-order valence-electron chi connectivity index (χ0n) is 6.62. The average Bonchev–Trinajstić information content (AvgIpc) is 2.04. The molecule has 0 radical (unpaired) electrons. The van der Waals surface area contributed by atoms with Crippen LogP contribution in [0.5, 0.6) is 5.75 Å². The Balaban J connectivity index is 2.53. The van der Waals surface area contributed by atoms with Crippen molar-refractivity contribution >= 4 is 16.8 Å². The third-order valence-electron chi connectivity index (χ3n) is 1.70. The Hall–Kier alpha value is -1.02. The Morgan fingerprint density at radius 1 is 1.42 bits per heavy atom. The second-order valence-electron chi connectivity index (χ2n) is 2.63. The Labute approximate surface area is 75.8 Å².